The molecule has 0 spiro atoms. The second-order valence-electron chi connectivity index (χ2n) is 5.24. The molecule has 0 unspecified atom stereocenters. The van der Waals surface area contributed by atoms with Crippen molar-refractivity contribution in [2.45, 2.75) is 26.3 Å². The molecule has 0 bridgehead atoms. The monoisotopic (exact) mass is 264 g/mol. The lowest BCUT2D eigenvalue weighted by Crippen LogP contribution is -2.47. The minimum Gasteiger partial charge on any atom is -0.409 e. The Morgan fingerprint density at radius 2 is 1.95 bits per heavy atom. The lowest BCUT2D eigenvalue weighted by molar-refractivity contribution is 0.239. The van der Waals surface area contributed by atoms with Gasteiger partial charge < -0.3 is 16.3 Å². The number of hydrogen-bond acceptors (Lipinski definition) is 3. The van der Waals surface area contributed by atoms with E-state index < -0.39 is 0 Å². The van der Waals surface area contributed by atoms with Gasteiger partial charge in [-0.25, -0.2) is 4.79 Å². The molecule has 0 saturated carbocycles. The van der Waals surface area contributed by atoms with Gasteiger partial charge in [-0.15, -0.1) is 0 Å². The van der Waals surface area contributed by atoms with Crippen molar-refractivity contribution in [1.29, 1.82) is 0 Å². The molecule has 0 radical (unpaired) electrons. The Hall–Kier alpha value is -2.24. The zero-order chi connectivity index (χ0) is 14.6. The molecule has 0 aromatic heterocycles. The molecule has 19 heavy (non-hydrogen) atoms. The van der Waals surface area contributed by atoms with Crippen molar-refractivity contribution < 1.29 is 10.0 Å². The molecule has 2 amide bonds. The van der Waals surface area contributed by atoms with Gasteiger partial charge >= 0.3 is 6.03 Å². The average molecular weight is 264 g/mol. The summed E-state index contributed by atoms with van der Waals surface area (Å²) in [5.74, 6) is -0.0361. The van der Waals surface area contributed by atoms with Gasteiger partial charge in [-0.1, -0.05) is 17.3 Å². The van der Waals surface area contributed by atoms with Crippen LogP contribution in [0.1, 0.15) is 26.3 Å². The van der Waals surface area contributed by atoms with Crippen molar-refractivity contribution in [2.75, 3.05) is 11.9 Å². The summed E-state index contributed by atoms with van der Waals surface area (Å²) >= 11 is 0. The molecule has 104 valence electrons. The van der Waals surface area contributed by atoms with Crippen LogP contribution in [0.2, 0.25) is 0 Å². The highest BCUT2D eigenvalue weighted by molar-refractivity contribution is 6.05. The largest absolute Gasteiger partial charge is 0.409 e. The number of nitrogens with two attached hydrogens (primary N) is 1. The number of anilines is 1. The van der Waals surface area contributed by atoms with Gasteiger partial charge in [-0.05, 0) is 32.9 Å². The van der Waals surface area contributed by atoms with Crippen LogP contribution in [0.5, 0.6) is 0 Å². The van der Waals surface area contributed by atoms with Crippen molar-refractivity contribution in [3.8, 4) is 0 Å². The van der Waals surface area contributed by atoms with Crippen LogP contribution in [0.25, 0.3) is 0 Å². The molecule has 6 nitrogen and oxygen atoms in total. The molecule has 4 N–H and O–H groups in total. The smallest absolute Gasteiger partial charge is 0.322 e. The van der Waals surface area contributed by atoms with E-state index in [2.05, 4.69) is 10.5 Å². The molecular formula is C13H20N4O2. The molecule has 0 aliphatic carbocycles. The number of carbonyl (C=O) groups excluding carboxylic acids is 1. The topological polar surface area (TPSA) is 91.0 Å². The molecule has 0 saturated heterocycles. The maximum Gasteiger partial charge on any atom is 0.322 e. The molecule has 1 aromatic rings. The fourth-order valence-corrected chi connectivity index (χ4v) is 1.55. The molecule has 0 heterocycles. The Bertz CT molecular complexity index is 492. The van der Waals surface area contributed by atoms with Crippen molar-refractivity contribution in [1.82, 2.24) is 5.32 Å². The molecular weight excluding hydrogens is 244 g/mol. The average Bonchev–Trinajstić information content (AvgIpc) is 2.35. The summed E-state index contributed by atoms with van der Waals surface area (Å²) in [6, 6.07) is 6.70. The van der Waals surface area contributed by atoms with Crippen LogP contribution in [0.15, 0.2) is 29.4 Å². The highest BCUT2D eigenvalue weighted by atomic mass is 16.4. The van der Waals surface area contributed by atoms with E-state index in [-0.39, 0.29) is 17.4 Å². The third kappa shape index (κ3) is 3.87. The summed E-state index contributed by atoms with van der Waals surface area (Å²) in [5, 5.41) is 14.6. The number of hydrogen-bond donors (Lipinski definition) is 3. The summed E-state index contributed by atoms with van der Waals surface area (Å²) in [6.07, 6.45) is 0. The van der Waals surface area contributed by atoms with Crippen LogP contribution < -0.4 is 16.0 Å². The summed E-state index contributed by atoms with van der Waals surface area (Å²) in [5.41, 5.74) is 6.33. The Balaban J connectivity index is 3.07. The Labute approximate surface area is 112 Å². The minimum atomic E-state index is -0.336. The van der Waals surface area contributed by atoms with Crippen LogP contribution in [0.4, 0.5) is 10.5 Å². The molecule has 6 heteroatoms. The van der Waals surface area contributed by atoms with Crippen molar-refractivity contribution >= 4 is 17.6 Å². The maximum absolute atomic E-state index is 12.1. The first-order valence-corrected chi connectivity index (χ1v) is 5.89. The van der Waals surface area contributed by atoms with E-state index in [1.54, 1.807) is 31.3 Å². The Kier molecular flexibility index (Phi) is 4.37. The summed E-state index contributed by atoms with van der Waals surface area (Å²) in [4.78, 5) is 13.5. The van der Waals surface area contributed by atoms with Crippen molar-refractivity contribution in [2.24, 2.45) is 10.9 Å². The van der Waals surface area contributed by atoms with Gasteiger partial charge in [-0.3, -0.25) is 4.90 Å². The van der Waals surface area contributed by atoms with Gasteiger partial charge in [0.2, 0.25) is 0 Å². The number of nitrogens with one attached hydrogen (secondary N) is 1. The van der Waals surface area contributed by atoms with Gasteiger partial charge in [0.15, 0.2) is 5.84 Å². The van der Waals surface area contributed by atoms with Crippen molar-refractivity contribution in [3.63, 3.8) is 0 Å². The van der Waals surface area contributed by atoms with Crippen molar-refractivity contribution in [3.05, 3.63) is 29.8 Å². The minimum absolute atomic E-state index is 0.0361. The number of rotatable bonds is 2. The lowest BCUT2D eigenvalue weighted by atomic mass is 10.1. The van der Waals surface area contributed by atoms with E-state index in [4.69, 9.17) is 10.9 Å². The number of amides is 2. The maximum atomic E-state index is 12.1. The van der Waals surface area contributed by atoms with Gasteiger partial charge in [-0.2, -0.15) is 0 Å². The number of para-hydroxylation sites is 1. The van der Waals surface area contributed by atoms with Crippen LogP contribution in [0, 0.1) is 0 Å². The highest BCUT2D eigenvalue weighted by Crippen LogP contribution is 2.19. The fourth-order valence-electron chi connectivity index (χ4n) is 1.55. The SMILES string of the molecule is CN(C(=O)NC(C)(C)C)c1ccccc1C(N)=NO. The first-order valence-electron chi connectivity index (χ1n) is 5.89. The van der Waals surface area contributed by atoms with E-state index in [9.17, 15) is 4.79 Å². The second kappa shape index (κ2) is 5.60. The van der Waals surface area contributed by atoms with Crippen LogP contribution in [-0.2, 0) is 0 Å². The first-order chi connectivity index (χ1) is 8.76. The zero-order valence-corrected chi connectivity index (χ0v) is 11.6. The van der Waals surface area contributed by atoms with Gasteiger partial charge in [0.1, 0.15) is 0 Å². The third-order valence-corrected chi connectivity index (χ3v) is 2.44. The molecule has 1 aromatic carbocycles. The fraction of sp³-hybridized carbons (Fsp3) is 0.385. The molecule has 0 aliphatic heterocycles. The van der Waals surface area contributed by atoms with Gasteiger partial charge in [0.05, 0.1) is 5.69 Å². The number of amidine groups is 1. The van der Waals surface area contributed by atoms with E-state index in [0.717, 1.165) is 0 Å². The summed E-state index contributed by atoms with van der Waals surface area (Å²) in [7, 11) is 1.63. The van der Waals surface area contributed by atoms with Gasteiger partial charge in [0.25, 0.3) is 0 Å². The lowest BCUT2D eigenvalue weighted by Gasteiger charge is -2.26. The number of oxime groups is 1. The van der Waals surface area contributed by atoms with E-state index in [0.29, 0.717) is 11.3 Å². The zero-order valence-electron chi connectivity index (χ0n) is 11.6. The quantitative estimate of drug-likeness (QED) is 0.329. The standard InChI is InChI=1S/C13H20N4O2/c1-13(2,3)15-12(18)17(4)10-8-6-5-7-9(10)11(14)16-19/h5-8,19H,1-4H3,(H2,14,16)(H,15,18). The van der Waals surface area contributed by atoms with E-state index in [1.165, 1.54) is 4.90 Å². The van der Waals surface area contributed by atoms with E-state index >= 15 is 0 Å². The number of urea groups is 1. The first kappa shape index (κ1) is 14.8. The number of benzene rings is 1. The summed E-state index contributed by atoms with van der Waals surface area (Å²) in [6.45, 7) is 5.69. The third-order valence-electron chi connectivity index (χ3n) is 2.44. The molecule has 1 rings (SSSR count). The molecule has 0 fully saturated rings. The predicted octanol–water partition coefficient (Wildman–Crippen LogP) is 1.73. The predicted molar refractivity (Wildman–Crippen MR) is 75.6 cm³/mol. The van der Waals surface area contributed by atoms with E-state index in [1.807, 2.05) is 20.8 Å². The Morgan fingerprint density at radius 3 is 2.47 bits per heavy atom. The van der Waals surface area contributed by atoms with Crippen LogP contribution in [0.3, 0.4) is 0 Å². The summed E-state index contributed by atoms with van der Waals surface area (Å²) < 4.78 is 0. The van der Waals surface area contributed by atoms with Gasteiger partial charge in [0, 0.05) is 18.2 Å². The molecule has 0 aliphatic rings. The van der Waals surface area contributed by atoms with Crippen LogP contribution in [-0.4, -0.2) is 29.7 Å². The molecule has 0 atom stereocenters. The second-order valence-corrected chi connectivity index (χ2v) is 5.24. The Morgan fingerprint density at radius 1 is 1.37 bits per heavy atom. The number of carbonyl (C=O) groups is 1. The number of nitrogens with zero attached hydrogens (tertiary/aromatic N) is 2. The highest BCUT2D eigenvalue weighted by Gasteiger charge is 2.20. The van der Waals surface area contributed by atoms with Crippen LogP contribution >= 0.6 is 0 Å². The normalized spacial score (nSPS) is 12.1.